The van der Waals surface area contributed by atoms with Crippen LogP contribution in [-0.2, 0) is 24.7 Å². The van der Waals surface area contributed by atoms with Gasteiger partial charge in [-0.3, -0.25) is 4.90 Å². The topological polar surface area (TPSA) is 55.8 Å². The van der Waals surface area contributed by atoms with Crippen LogP contribution in [0.4, 0.5) is 18.0 Å². The molecule has 2 amide bonds. The molecular weight excluding hydrogens is 443 g/mol. The van der Waals surface area contributed by atoms with E-state index in [9.17, 15) is 23.1 Å². The predicted molar refractivity (Wildman–Crippen MR) is 124 cm³/mol. The molecule has 2 aromatic carbocycles. The summed E-state index contributed by atoms with van der Waals surface area (Å²) in [5, 5.41) is 13.9. The van der Waals surface area contributed by atoms with Crippen LogP contribution < -0.4 is 5.32 Å². The van der Waals surface area contributed by atoms with E-state index in [1.807, 2.05) is 0 Å². The van der Waals surface area contributed by atoms with Crippen LogP contribution >= 0.6 is 0 Å². The van der Waals surface area contributed by atoms with E-state index in [0.717, 1.165) is 25.1 Å². The zero-order valence-electron chi connectivity index (χ0n) is 19.3. The molecule has 0 unspecified atom stereocenters. The van der Waals surface area contributed by atoms with Gasteiger partial charge in [-0.05, 0) is 74.0 Å². The van der Waals surface area contributed by atoms with Gasteiger partial charge >= 0.3 is 12.2 Å². The fourth-order valence-electron chi connectivity index (χ4n) is 4.77. The van der Waals surface area contributed by atoms with E-state index in [-0.39, 0.29) is 18.9 Å². The molecule has 8 heteroatoms. The lowest BCUT2D eigenvalue weighted by Crippen LogP contribution is -2.49. The lowest BCUT2D eigenvalue weighted by atomic mass is 9.84. The fraction of sp³-hybridized carbons (Fsp3) is 0.500. The summed E-state index contributed by atoms with van der Waals surface area (Å²) in [5.74, 6) is 0. The largest absolute Gasteiger partial charge is 0.416 e. The third kappa shape index (κ3) is 6.10. The monoisotopic (exact) mass is 475 g/mol. The molecule has 2 N–H and O–H groups in total. The Morgan fingerprint density at radius 2 is 1.50 bits per heavy atom. The van der Waals surface area contributed by atoms with Crippen LogP contribution in [0, 0.1) is 0 Å². The standard InChI is InChI=1S/C26H32F3N3O2/c27-26(28,29)23-9-7-22(8-10-23)25(34)12-17-32(18-13-25)24(33)30-14-11-20-3-5-21(6-4-20)19-31-15-1-2-16-31/h3-10,34H,1-2,11-19H2,(H,30,33). The van der Waals surface area contributed by atoms with E-state index in [1.165, 1.54) is 49.2 Å². The number of alkyl halides is 3. The molecule has 2 aliphatic heterocycles. The summed E-state index contributed by atoms with van der Waals surface area (Å²) in [4.78, 5) is 16.7. The minimum Gasteiger partial charge on any atom is -0.385 e. The van der Waals surface area contributed by atoms with E-state index >= 15 is 0 Å². The maximum atomic E-state index is 12.8. The van der Waals surface area contributed by atoms with Gasteiger partial charge in [0.1, 0.15) is 0 Å². The second-order valence-corrected chi connectivity index (χ2v) is 9.38. The van der Waals surface area contributed by atoms with Crippen molar-refractivity contribution in [1.29, 1.82) is 0 Å². The highest BCUT2D eigenvalue weighted by Gasteiger charge is 2.36. The van der Waals surface area contributed by atoms with Crippen LogP contribution in [-0.4, -0.2) is 53.7 Å². The molecule has 5 nitrogen and oxygen atoms in total. The lowest BCUT2D eigenvalue weighted by molar-refractivity contribution is -0.137. The molecule has 2 saturated heterocycles. The van der Waals surface area contributed by atoms with Crippen molar-refractivity contribution in [2.45, 2.75) is 50.4 Å². The summed E-state index contributed by atoms with van der Waals surface area (Å²) in [6.45, 7) is 4.54. The Morgan fingerprint density at radius 1 is 0.912 bits per heavy atom. The molecule has 0 spiro atoms. The molecule has 0 radical (unpaired) electrons. The van der Waals surface area contributed by atoms with Gasteiger partial charge in [0.15, 0.2) is 0 Å². The summed E-state index contributed by atoms with van der Waals surface area (Å²) in [6, 6.07) is 13.0. The number of piperidine rings is 1. The molecule has 2 aliphatic rings. The number of hydrogen-bond acceptors (Lipinski definition) is 3. The first-order valence-corrected chi connectivity index (χ1v) is 12.0. The van der Waals surface area contributed by atoms with Gasteiger partial charge in [0.05, 0.1) is 11.2 Å². The summed E-state index contributed by atoms with van der Waals surface area (Å²) in [5.41, 5.74) is 0.966. The van der Waals surface area contributed by atoms with Gasteiger partial charge in [0.25, 0.3) is 0 Å². The third-order valence-corrected chi connectivity index (χ3v) is 6.95. The number of benzene rings is 2. The van der Waals surface area contributed by atoms with E-state index in [1.54, 1.807) is 4.90 Å². The predicted octanol–water partition coefficient (Wildman–Crippen LogP) is 4.54. The van der Waals surface area contributed by atoms with Gasteiger partial charge in [0.2, 0.25) is 0 Å². The van der Waals surface area contributed by atoms with Crippen LogP contribution in [0.2, 0.25) is 0 Å². The van der Waals surface area contributed by atoms with E-state index in [0.29, 0.717) is 25.2 Å². The van der Waals surface area contributed by atoms with Crippen LogP contribution in [0.25, 0.3) is 0 Å². The van der Waals surface area contributed by atoms with Crippen molar-refractivity contribution in [1.82, 2.24) is 15.1 Å². The molecule has 2 fully saturated rings. The van der Waals surface area contributed by atoms with Gasteiger partial charge in [-0.2, -0.15) is 13.2 Å². The van der Waals surface area contributed by atoms with E-state index in [2.05, 4.69) is 34.5 Å². The van der Waals surface area contributed by atoms with Crippen molar-refractivity contribution >= 4 is 6.03 Å². The van der Waals surface area contributed by atoms with Crippen LogP contribution in [0.1, 0.15) is 47.9 Å². The molecule has 0 atom stereocenters. The zero-order chi connectivity index (χ0) is 24.2. The Hall–Kier alpha value is -2.58. The Balaban J connectivity index is 1.20. The first-order chi connectivity index (χ1) is 16.2. The Labute approximate surface area is 198 Å². The number of amides is 2. The molecule has 0 saturated carbocycles. The maximum absolute atomic E-state index is 12.8. The van der Waals surface area contributed by atoms with Gasteiger partial charge in [-0.25, -0.2) is 4.79 Å². The first-order valence-electron chi connectivity index (χ1n) is 12.0. The van der Waals surface area contributed by atoms with Gasteiger partial charge in [0, 0.05) is 26.2 Å². The minimum absolute atomic E-state index is 0.180. The molecule has 0 aromatic heterocycles. The molecule has 2 heterocycles. The Bertz CT molecular complexity index is 947. The molecule has 0 bridgehead atoms. The van der Waals surface area contributed by atoms with Crippen LogP contribution in [0.15, 0.2) is 48.5 Å². The zero-order valence-corrected chi connectivity index (χ0v) is 19.3. The van der Waals surface area contributed by atoms with E-state index in [4.69, 9.17) is 0 Å². The summed E-state index contributed by atoms with van der Waals surface area (Å²) in [7, 11) is 0. The maximum Gasteiger partial charge on any atom is 0.416 e. The number of nitrogens with one attached hydrogen (secondary N) is 1. The number of carbonyl (C=O) groups excluding carboxylic acids is 1. The number of aliphatic hydroxyl groups is 1. The van der Waals surface area contributed by atoms with Gasteiger partial charge < -0.3 is 15.3 Å². The SMILES string of the molecule is O=C(NCCc1ccc(CN2CCCC2)cc1)N1CCC(O)(c2ccc(C(F)(F)F)cc2)CC1. The normalized spacial score (nSPS) is 18.8. The number of likely N-dealkylation sites (tertiary alicyclic amines) is 2. The quantitative estimate of drug-likeness (QED) is 0.645. The molecular formula is C26H32F3N3O2. The Morgan fingerprint density at radius 3 is 2.09 bits per heavy atom. The average Bonchev–Trinajstić information content (AvgIpc) is 3.33. The van der Waals surface area contributed by atoms with Crippen molar-refractivity contribution in [3.63, 3.8) is 0 Å². The molecule has 0 aliphatic carbocycles. The van der Waals surface area contributed by atoms with Crippen LogP contribution in [0.5, 0.6) is 0 Å². The first kappa shape index (κ1) is 24.5. The van der Waals surface area contributed by atoms with Crippen molar-refractivity contribution in [2.24, 2.45) is 0 Å². The summed E-state index contributed by atoms with van der Waals surface area (Å²) < 4.78 is 38.4. The number of hydrogen-bond donors (Lipinski definition) is 2. The molecule has 34 heavy (non-hydrogen) atoms. The van der Waals surface area contributed by atoms with Crippen molar-refractivity contribution in [3.8, 4) is 0 Å². The van der Waals surface area contributed by atoms with E-state index < -0.39 is 17.3 Å². The number of urea groups is 1. The molecule has 184 valence electrons. The average molecular weight is 476 g/mol. The Kier molecular flexibility index (Phi) is 7.48. The minimum atomic E-state index is -4.40. The smallest absolute Gasteiger partial charge is 0.385 e. The van der Waals surface area contributed by atoms with Gasteiger partial charge in [-0.1, -0.05) is 36.4 Å². The van der Waals surface area contributed by atoms with Crippen molar-refractivity contribution in [3.05, 3.63) is 70.8 Å². The highest BCUT2D eigenvalue weighted by molar-refractivity contribution is 5.74. The summed E-state index contributed by atoms with van der Waals surface area (Å²) in [6.07, 6.45) is -0.544. The fourth-order valence-corrected chi connectivity index (χ4v) is 4.77. The molecule has 4 rings (SSSR count). The van der Waals surface area contributed by atoms with Crippen molar-refractivity contribution in [2.75, 3.05) is 32.7 Å². The number of nitrogens with zero attached hydrogens (tertiary/aromatic N) is 2. The van der Waals surface area contributed by atoms with Crippen LogP contribution in [0.3, 0.4) is 0 Å². The number of carbonyl (C=O) groups is 1. The number of halogens is 3. The number of rotatable bonds is 6. The molecule has 2 aromatic rings. The summed E-state index contributed by atoms with van der Waals surface area (Å²) >= 11 is 0. The van der Waals surface area contributed by atoms with Gasteiger partial charge in [-0.15, -0.1) is 0 Å². The highest BCUT2D eigenvalue weighted by Crippen LogP contribution is 2.35. The van der Waals surface area contributed by atoms with Crippen molar-refractivity contribution < 1.29 is 23.1 Å². The second kappa shape index (κ2) is 10.4. The lowest BCUT2D eigenvalue weighted by Gasteiger charge is -2.38. The third-order valence-electron chi connectivity index (χ3n) is 6.95. The highest BCUT2D eigenvalue weighted by atomic mass is 19.4. The second-order valence-electron chi connectivity index (χ2n) is 9.38.